The Kier molecular flexibility index (Phi) is 3.92. The maximum Gasteiger partial charge on any atom is 0.146 e. The number of aromatic nitrogens is 5. The van der Waals surface area contributed by atoms with E-state index in [1.54, 1.807) is 0 Å². The molecule has 5 nitrogen and oxygen atoms in total. The summed E-state index contributed by atoms with van der Waals surface area (Å²) < 4.78 is 4.73. The Morgan fingerprint density at radius 3 is 2.32 bits per heavy atom. The SMILES string of the molecule is c1ccc(-n2c3c4c(ccc3c3ccc5c(c6ccncc6n6c7ccncc7nc56)c32)-c2ccccc2C4)cc1. The maximum atomic E-state index is 5.10. The first kappa shape index (κ1) is 21.3. The van der Waals surface area contributed by atoms with Crippen LogP contribution in [0.3, 0.4) is 0 Å². The van der Waals surface area contributed by atoms with Crippen LogP contribution in [-0.4, -0.2) is 23.9 Å². The summed E-state index contributed by atoms with van der Waals surface area (Å²) in [6.45, 7) is 0. The highest BCUT2D eigenvalue weighted by Gasteiger charge is 2.26. The third-order valence-corrected chi connectivity index (χ3v) is 8.90. The molecule has 0 amide bonds. The summed E-state index contributed by atoms with van der Waals surface area (Å²) in [4.78, 5) is 14.0. The maximum absolute atomic E-state index is 5.10. The highest BCUT2D eigenvalue weighted by molar-refractivity contribution is 6.28. The number of para-hydroxylation sites is 1. The Bertz CT molecular complexity index is 2550. The highest BCUT2D eigenvalue weighted by atomic mass is 15.0. The van der Waals surface area contributed by atoms with Crippen molar-refractivity contribution in [1.29, 1.82) is 0 Å². The molecule has 9 aromatic rings. The van der Waals surface area contributed by atoms with Gasteiger partial charge >= 0.3 is 0 Å². The number of hydrogen-bond donors (Lipinski definition) is 0. The standard InChI is InChI=1S/C36H21N5/c1-2-7-22(8-3-1)40-34-25(11-10-24-23-9-5-4-6-21(23)18-29(24)34)26-12-13-28-33(35(26)40)27-14-16-38-20-32(27)41-31-15-17-37-19-30(31)39-36(28)41/h1-17,19-20H,18H2. The quantitative estimate of drug-likeness (QED) is 0.204. The third-order valence-electron chi connectivity index (χ3n) is 8.90. The van der Waals surface area contributed by atoms with Crippen LogP contribution in [0.15, 0.2) is 116 Å². The normalized spacial score (nSPS) is 12.8. The number of hydrogen-bond acceptors (Lipinski definition) is 3. The van der Waals surface area contributed by atoms with Crippen molar-refractivity contribution >= 4 is 60.2 Å². The lowest BCUT2D eigenvalue weighted by atomic mass is 10.0. The summed E-state index contributed by atoms with van der Waals surface area (Å²) in [5, 5.41) is 5.99. The fourth-order valence-electron chi connectivity index (χ4n) is 7.25. The second kappa shape index (κ2) is 7.55. The lowest BCUT2D eigenvalue weighted by Gasteiger charge is -2.14. The summed E-state index contributed by atoms with van der Waals surface area (Å²) in [6.07, 6.45) is 8.47. The summed E-state index contributed by atoms with van der Waals surface area (Å²) in [6, 6.07) is 33.0. The summed E-state index contributed by atoms with van der Waals surface area (Å²) >= 11 is 0. The van der Waals surface area contributed by atoms with E-state index in [1.807, 2.05) is 30.9 Å². The molecule has 5 aromatic heterocycles. The van der Waals surface area contributed by atoms with Gasteiger partial charge in [-0.2, -0.15) is 0 Å². The van der Waals surface area contributed by atoms with Gasteiger partial charge in [-0.05, 0) is 52.6 Å². The smallest absolute Gasteiger partial charge is 0.146 e. The Balaban J connectivity index is 1.49. The zero-order valence-corrected chi connectivity index (χ0v) is 21.9. The Labute approximate surface area is 234 Å². The zero-order chi connectivity index (χ0) is 26.7. The topological polar surface area (TPSA) is 48.0 Å². The van der Waals surface area contributed by atoms with Crippen LogP contribution >= 0.6 is 0 Å². The van der Waals surface area contributed by atoms with Gasteiger partial charge in [0.25, 0.3) is 0 Å². The third kappa shape index (κ3) is 2.63. The summed E-state index contributed by atoms with van der Waals surface area (Å²) in [5.74, 6) is 0. The minimum Gasteiger partial charge on any atom is -0.308 e. The lowest BCUT2D eigenvalue weighted by Crippen LogP contribution is -1.98. The molecule has 0 saturated carbocycles. The summed E-state index contributed by atoms with van der Waals surface area (Å²) in [7, 11) is 0. The van der Waals surface area contributed by atoms with E-state index >= 15 is 0 Å². The van der Waals surface area contributed by atoms with Gasteiger partial charge in [0.1, 0.15) is 11.2 Å². The molecule has 10 rings (SSSR count). The first-order valence-corrected chi connectivity index (χ1v) is 13.9. The van der Waals surface area contributed by atoms with Crippen LogP contribution in [0.1, 0.15) is 11.1 Å². The van der Waals surface area contributed by atoms with Gasteiger partial charge in [0.05, 0.1) is 34.5 Å². The monoisotopic (exact) mass is 523 g/mol. The molecule has 1 aliphatic rings. The molecule has 0 atom stereocenters. The number of imidazole rings is 1. The molecular formula is C36H21N5. The van der Waals surface area contributed by atoms with Gasteiger partial charge < -0.3 is 4.57 Å². The van der Waals surface area contributed by atoms with Crippen LogP contribution in [0.4, 0.5) is 0 Å². The second-order valence-corrected chi connectivity index (χ2v) is 10.9. The Hall–Kier alpha value is -5.55. The Morgan fingerprint density at radius 1 is 0.585 bits per heavy atom. The van der Waals surface area contributed by atoms with Crippen LogP contribution in [0, 0.1) is 0 Å². The predicted molar refractivity (Wildman–Crippen MR) is 166 cm³/mol. The molecule has 0 radical (unpaired) electrons. The van der Waals surface area contributed by atoms with E-state index in [2.05, 4.69) is 104 Å². The number of fused-ring (bicyclic) bond motifs is 16. The van der Waals surface area contributed by atoms with Crippen molar-refractivity contribution in [3.8, 4) is 16.8 Å². The first-order chi connectivity index (χ1) is 20.4. The van der Waals surface area contributed by atoms with E-state index in [0.717, 1.165) is 45.1 Å². The molecule has 0 fully saturated rings. The molecule has 4 aromatic carbocycles. The molecule has 190 valence electrons. The van der Waals surface area contributed by atoms with Gasteiger partial charge in [0.2, 0.25) is 0 Å². The Morgan fingerprint density at radius 2 is 1.37 bits per heavy atom. The fraction of sp³-hybridized carbons (Fsp3) is 0.0278. The van der Waals surface area contributed by atoms with Crippen LogP contribution in [0.2, 0.25) is 0 Å². The molecule has 0 spiro atoms. The van der Waals surface area contributed by atoms with Crippen molar-refractivity contribution < 1.29 is 0 Å². The van der Waals surface area contributed by atoms with Crippen molar-refractivity contribution in [3.63, 3.8) is 0 Å². The number of nitrogens with zero attached hydrogens (tertiary/aromatic N) is 5. The molecular weight excluding hydrogens is 502 g/mol. The van der Waals surface area contributed by atoms with Gasteiger partial charge in [0, 0.05) is 51.4 Å². The van der Waals surface area contributed by atoms with Gasteiger partial charge in [0.15, 0.2) is 0 Å². The van der Waals surface area contributed by atoms with Crippen molar-refractivity contribution in [2.24, 2.45) is 0 Å². The van der Waals surface area contributed by atoms with E-state index in [4.69, 9.17) is 4.98 Å². The van der Waals surface area contributed by atoms with Crippen LogP contribution in [0.5, 0.6) is 0 Å². The average molecular weight is 524 g/mol. The van der Waals surface area contributed by atoms with Crippen molar-refractivity contribution in [1.82, 2.24) is 23.9 Å². The molecule has 5 heteroatoms. The minimum absolute atomic E-state index is 0.879. The lowest BCUT2D eigenvalue weighted by molar-refractivity contribution is 1.16. The fourth-order valence-corrected chi connectivity index (χ4v) is 7.25. The van der Waals surface area contributed by atoms with Crippen molar-refractivity contribution in [2.45, 2.75) is 6.42 Å². The average Bonchev–Trinajstić information content (AvgIpc) is 3.71. The summed E-state index contributed by atoms with van der Waals surface area (Å²) in [5.41, 5.74) is 13.0. The number of pyridine rings is 3. The zero-order valence-electron chi connectivity index (χ0n) is 21.9. The molecule has 0 aliphatic heterocycles. The predicted octanol–water partition coefficient (Wildman–Crippen LogP) is 8.25. The molecule has 1 aliphatic carbocycles. The molecule has 5 heterocycles. The second-order valence-electron chi connectivity index (χ2n) is 10.9. The van der Waals surface area contributed by atoms with Crippen molar-refractivity contribution in [3.05, 3.63) is 127 Å². The first-order valence-electron chi connectivity index (χ1n) is 13.9. The van der Waals surface area contributed by atoms with E-state index in [0.29, 0.717) is 0 Å². The number of rotatable bonds is 1. The molecule has 0 N–H and O–H groups in total. The van der Waals surface area contributed by atoms with E-state index in [1.165, 1.54) is 49.4 Å². The largest absolute Gasteiger partial charge is 0.308 e. The minimum atomic E-state index is 0.879. The van der Waals surface area contributed by atoms with Gasteiger partial charge in [-0.25, -0.2) is 4.98 Å². The van der Waals surface area contributed by atoms with Crippen molar-refractivity contribution in [2.75, 3.05) is 0 Å². The number of benzene rings is 4. The van der Waals surface area contributed by atoms with Crippen LogP contribution in [0.25, 0.3) is 77.0 Å². The molecule has 0 saturated heterocycles. The molecule has 0 unspecified atom stereocenters. The van der Waals surface area contributed by atoms with E-state index in [-0.39, 0.29) is 0 Å². The van der Waals surface area contributed by atoms with Crippen LogP contribution in [-0.2, 0) is 6.42 Å². The van der Waals surface area contributed by atoms with Crippen LogP contribution < -0.4 is 0 Å². The van der Waals surface area contributed by atoms with Gasteiger partial charge in [-0.1, -0.05) is 60.7 Å². The molecule has 0 bridgehead atoms. The van der Waals surface area contributed by atoms with E-state index in [9.17, 15) is 0 Å². The highest BCUT2D eigenvalue weighted by Crippen LogP contribution is 2.46. The van der Waals surface area contributed by atoms with Gasteiger partial charge in [-0.3, -0.25) is 14.4 Å². The van der Waals surface area contributed by atoms with E-state index < -0.39 is 0 Å². The van der Waals surface area contributed by atoms with Gasteiger partial charge in [-0.15, -0.1) is 0 Å². The molecule has 41 heavy (non-hydrogen) atoms.